The number of fused-ring (bicyclic) bond motifs is 1. The van der Waals surface area contributed by atoms with Crippen LogP contribution in [0.15, 0.2) is 16.8 Å². The fourth-order valence-electron chi connectivity index (χ4n) is 0.778. The van der Waals surface area contributed by atoms with E-state index in [-0.39, 0.29) is 0 Å². The van der Waals surface area contributed by atoms with Gasteiger partial charge in [-0.15, -0.1) is 0 Å². The summed E-state index contributed by atoms with van der Waals surface area (Å²) < 4.78 is 5.08. The molecule has 0 N–H and O–H groups in total. The molecule has 0 bridgehead atoms. The van der Waals surface area contributed by atoms with Crippen LogP contribution in [-0.4, -0.2) is 15.0 Å². The highest BCUT2D eigenvalue weighted by atomic mass is 16.4. The van der Waals surface area contributed by atoms with Crippen LogP contribution in [0.5, 0.6) is 0 Å². The molecule has 0 unspecified atom stereocenters. The molecule has 0 saturated heterocycles. The molecule has 4 nitrogen and oxygen atoms in total. The van der Waals surface area contributed by atoms with Crippen molar-refractivity contribution in [3.05, 3.63) is 18.3 Å². The van der Waals surface area contributed by atoms with Gasteiger partial charge in [-0.1, -0.05) is 0 Å². The third kappa shape index (κ3) is 0.655. The van der Waals surface area contributed by atoms with Gasteiger partial charge in [-0.3, -0.25) is 0 Å². The van der Waals surface area contributed by atoms with Gasteiger partial charge < -0.3 is 4.42 Å². The number of rotatable bonds is 0. The van der Waals surface area contributed by atoms with Crippen molar-refractivity contribution in [3.63, 3.8) is 0 Å². The SMILES string of the molecule is Cc1nc2nccnc2o1. The summed E-state index contributed by atoms with van der Waals surface area (Å²) in [6, 6.07) is 0. The Balaban J connectivity index is 2.88. The minimum Gasteiger partial charge on any atom is -0.421 e. The molecule has 0 radical (unpaired) electrons. The topological polar surface area (TPSA) is 51.8 Å². The molecule has 0 spiro atoms. The molecule has 2 rings (SSSR count). The summed E-state index contributed by atoms with van der Waals surface area (Å²) >= 11 is 0. The molecule has 4 heteroatoms. The Morgan fingerprint density at radius 1 is 1.30 bits per heavy atom. The smallest absolute Gasteiger partial charge is 0.266 e. The van der Waals surface area contributed by atoms with E-state index in [9.17, 15) is 0 Å². The molecule has 2 aromatic heterocycles. The monoisotopic (exact) mass is 135 g/mol. The second-order valence-electron chi connectivity index (χ2n) is 1.92. The number of aromatic nitrogens is 3. The third-order valence-corrected chi connectivity index (χ3v) is 1.15. The third-order valence-electron chi connectivity index (χ3n) is 1.15. The molecule has 2 heterocycles. The number of oxazole rings is 1. The highest BCUT2D eigenvalue weighted by Gasteiger charge is 2.00. The molecule has 2 aromatic rings. The predicted octanol–water partition coefficient (Wildman–Crippen LogP) is 0.926. The molecule has 0 amide bonds. The maximum Gasteiger partial charge on any atom is 0.266 e. The van der Waals surface area contributed by atoms with E-state index < -0.39 is 0 Å². The first-order chi connectivity index (χ1) is 4.86. The maximum atomic E-state index is 5.08. The van der Waals surface area contributed by atoms with Crippen molar-refractivity contribution in [1.82, 2.24) is 15.0 Å². The van der Waals surface area contributed by atoms with E-state index in [2.05, 4.69) is 15.0 Å². The molecule has 0 aliphatic rings. The van der Waals surface area contributed by atoms with Crippen LogP contribution in [0.1, 0.15) is 5.89 Å². The zero-order chi connectivity index (χ0) is 6.97. The minimum absolute atomic E-state index is 0.500. The quantitative estimate of drug-likeness (QED) is 0.539. The number of nitrogens with zero attached hydrogens (tertiary/aromatic N) is 3. The lowest BCUT2D eigenvalue weighted by atomic mass is 10.7. The van der Waals surface area contributed by atoms with E-state index in [1.807, 2.05) is 0 Å². The van der Waals surface area contributed by atoms with Crippen LogP contribution in [0.2, 0.25) is 0 Å². The first kappa shape index (κ1) is 5.34. The van der Waals surface area contributed by atoms with Gasteiger partial charge >= 0.3 is 0 Å². The molecule has 0 aliphatic heterocycles. The molecule has 0 fully saturated rings. The van der Waals surface area contributed by atoms with Crippen molar-refractivity contribution >= 4 is 11.4 Å². The molecular formula is C6H5N3O. The summed E-state index contributed by atoms with van der Waals surface area (Å²) in [7, 11) is 0. The average Bonchev–Trinajstić information content (AvgIpc) is 2.27. The second-order valence-corrected chi connectivity index (χ2v) is 1.92. The molecular weight excluding hydrogens is 130 g/mol. The van der Waals surface area contributed by atoms with Crippen LogP contribution in [0.3, 0.4) is 0 Å². The number of hydrogen-bond acceptors (Lipinski definition) is 4. The summed E-state index contributed by atoms with van der Waals surface area (Å²) in [6.07, 6.45) is 3.16. The van der Waals surface area contributed by atoms with Crippen LogP contribution in [-0.2, 0) is 0 Å². The Morgan fingerprint density at radius 2 is 2.10 bits per heavy atom. The predicted molar refractivity (Wildman–Crippen MR) is 34.3 cm³/mol. The summed E-state index contributed by atoms with van der Waals surface area (Å²) in [6.45, 7) is 1.77. The van der Waals surface area contributed by atoms with Crippen LogP contribution < -0.4 is 0 Å². The van der Waals surface area contributed by atoms with Gasteiger partial charge in [0.05, 0.1) is 0 Å². The van der Waals surface area contributed by atoms with E-state index in [1.54, 1.807) is 19.3 Å². The van der Waals surface area contributed by atoms with Gasteiger partial charge in [0.15, 0.2) is 5.89 Å². The number of aryl methyl sites for hydroxylation is 1. The Kier molecular flexibility index (Phi) is 0.943. The Morgan fingerprint density at radius 3 is 2.90 bits per heavy atom. The first-order valence-electron chi connectivity index (χ1n) is 2.90. The van der Waals surface area contributed by atoms with E-state index >= 15 is 0 Å². The lowest BCUT2D eigenvalue weighted by molar-refractivity contribution is 0.551. The minimum atomic E-state index is 0.500. The summed E-state index contributed by atoms with van der Waals surface area (Å²) in [5.74, 6) is 0.598. The van der Waals surface area contributed by atoms with Gasteiger partial charge in [-0.2, -0.15) is 4.98 Å². The average molecular weight is 135 g/mol. The van der Waals surface area contributed by atoms with Gasteiger partial charge in [0, 0.05) is 19.3 Å². The van der Waals surface area contributed by atoms with E-state index in [1.165, 1.54) is 0 Å². The Hall–Kier alpha value is -1.45. The molecule has 0 aromatic carbocycles. The van der Waals surface area contributed by atoms with Gasteiger partial charge in [0.1, 0.15) is 0 Å². The highest BCUT2D eigenvalue weighted by molar-refractivity contribution is 5.61. The van der Waals surface area contributed by atoms with Crippen molar-refractivity contribution in [2.75, 3.05) is 0 Å². The van der Waals surface area contributed by atoms with Crippen LogP contribution in [0.25, 0.3) is 11.4 Å². The number of hydrogen-bond donors (Lipinski definition) is 0. The second kappa shape index (κ2) is 1.76. The van der Waals surface area contributed by atoms with Crippen LogP contribution in [0, 0.1) is 6.92 Å². The van der Waals surface area contributed by atoms with Gasteiger partial charge in [-0.05, 0) is 0 Å². The summed E-state index contributed by atoms with van der Waals surface area (Å²) in [5.41, 5.74) is 1.07. The van der Waals surface area contributed by atoms with Crippen molar-refractivity contribution in [2.45, 2.75) is 6.92 Å². The van der Waals surface area contributed by atoms with E-state index in [4.69, 9.17) is 4.42 Å². The van der Waals surface area contributed by atoms with Crippen molar-refractivity contribution in [2.24, 2.45) is 0 Å². The van der Waals surface area contributed by atoms with Crippen molar-refractivity contribution in [1.29, 1.82) is 0 Å². The molecule has 0 atom stereocenters. The van der Waals surface area contributed by atoms with Gasteiger partial charge in [0.2, 0.25) is 5.65 Å². The summed E-state index contributed by atoms with van der Waals surface area (Å²) in [5, 5.41) is 0. The molecule has 50 valence electrons. The lowest BCUT2D eigenvalue weighted by Gasteiger charge is -1.78. The highest BCUT2D eigenvalue weighted by Crippen LogP contribution is 2.06. The fourth-order valence-corrected chi connectivity index (χ4v) is 0.778. The lowest BCUT2D eigenvalue weighted by Crippen LogP contribution is -1.76. The van der Waals surface area contributed by atoms with Gasteiger partial charge in [0.25, 0.3) is 5.71 Å². The first-order valence-corrected chi connectivity index (χ1v) is 2.90. The standard InChI is InChI=1S/C6H5N3O/c1-4-9-5-6(10-4)8-3-2-7-5/h2-3H,1H3. The maximum absolute atomic E-state index is 5.08. The molecule has 0 aliphatic carbocycles. The Labute approximate surface area is 56.9 Å². The Bertz CT molecular complexity index is 322. The fraction of sp³-hybridized carbons (Fsp3) is 0.167. The van der Waals surface area contributed by atoms with Crippen LogP contribution in [0.4, 0.5) is 0 Å². The van der Waals surface area contributed by atoms with Crippen molar-refractivity contribution < 1.29 is 4.42 Å². The molecule has 10 heavy (non-hydrogen) atoms. The largest absolute Gasteiger partial charge is 0.421 e. The van der Waals surface area contributed by atoms with Gasteiger partial charge in [-0.25, -0.2) is 9.97 Å². The zero-order valence-corrected chi connectivity index (χ0v) is 5.40. The van der Waals surface area contributed by atoms with Crippen LogP contribution >= 0.6 is 0 Å². The molecule has 0 saturated carbocycles. The normalized spacial score (nSPS) is 10.5. The van der Waals surface area contributed by atoms with E-state index in [0.717, 1.165) is 0 Å². The van der Waals surface area contributed by atoms with E-state index in [0.29, 0.717) is 17.3 Å². The zero-order valence-electron chi connectivity index (χ0n) is 5.40. The van der Waals surface area contributed by atoms with Crippen molar-refractivity contribution in [3.8, 4) is 0 Å². The summed E-state index contributed by atoms with van der Waals surface area (Å²) in [4.78, 5) is 11.8.